The van der Waals surface area contributed by atoms with Gasteiger partial charge in [-0.2, -0.15) is 0 Å². The monoisotopic (exact) mass is 253 g/mol. The number of hydrogen-bond donors (Lipinski definition) is 0. The minimum Gasteiger partial charge on any atom is -0.497 e. The Hall–Kier alpha value is -2.13. The summed E-state index contributed by atoms with van der Waals surface area (Å²) in [5.41, 5.74) is 2.13. The molecule has 19 heavy (non-hydrogen) atoms. The van der Waals surface area contributed by atoms with E-state index in [0.29, 0.717) is 0 Å². The zero-order chi connectivity index (χ0) is 13.1. The number of nitrogens with zero attached hydrogens (tertiary/aromatic N) is 1. The van der Waals surface area contributed by atoms with Crippen LogP contribution in [-0.4, -0.2) is 13.3 Å². The van der Waals surface area contributed by atoms with Gasteiger partial charge in [-0.25, -0.2) is 0 Å². The van der Waals surface area contributed by atoms with Crippen LogP contribution in [-0.2, 0) is 4.74 Å². The van der Waals surface area contributed by atoms with Gasteiger partial charge in [-0.1, -0.05) is 42.5 Å². The molecule has 2 aromatic rings. The zero-order valence-electron chi connectivity index (χ0n) is 10.7. The lowest BCUT2D eigenvalue weighted by molar-refractivity contribution is 0.0505. The molecule has 0 saturated heterocycles. The van der Waals surface area contributed by atoms with Gasteiger partial charge in [0.25, 0.3) is 0 Å². The average molecular weight is 253 g/mol. The van der Waals surface area contributed by atoms with Gasteiger partial charge in [-0.05, 0) is 17.7 Å². The van der Waals surface area contributed by atoms with E-state index in [1.807, 2.05) is 60.8 Å². The molecule has 0 amide bonds. The molecule has 1 aliphatic heterocycles. The van der Waals surface area contributed by atoms with Crippen LogP contribution in [0.3, 0.4) is 0 Å². The van der Waals surface area contributed by atoms with E-state index in [4.69, 9.17) is 9.47 Å². The Morgan fingerprint density at radius 1 is 1.00 bits per heavy atom. The Kier molecular flexibility index (Phi) is 3.29. The minimum absolute atomic E-state index is 0.0719. The number of benzene rings is 2. The number of hydrogen-bond acceptors (Lipinski definition) is 3. The van der Waals surface area contributed by atoms with Crippen LogP contribution in [0.4, 0.5) is 0 Å². The van der Waals surface area contributed by atoms with E-state index in [0.717, 1.165) is 16.9 Å². The Morgan fingerprint density at radius 3 is 2.58 bits per heavy atom. The lowest BCUT2D eigenvalue weighted by atomic mass is 10.1. The van der Waals surface area contributed by atoms with E-state index >= 15 is 0 Å². The molecule has 0 bridgehead atoms. The molecule has 1 heterocycles. The molecule has 0 aliphatic carbocycles. The maximum atomic E-state index is 5.96. The largest absolute Gasteiger partial charge is 0.497 e. The molecule has 3 heteroatoms. The van der Waals surface area contributed by atoms with Crippen molar-refractivity contribution in [1.82, 2.24) is 0 Å². The van der Waals surface area contributed by atoms with E-state index < -0.39 is 0 Å². The highest BCUT2D eigenvalue weighted by atomic mass is 16.5. The van der Waals surface area contributed by atoms with Crippen molar-refractivity contribution >= 4 is 6.21 Å². The maximum Gasteiger partial charge on any atom is 0.175 e. The first kappa shape index (κ1) is 11.9. The van der Waals surface area contributed by atoms with Crippen molar-refractivity contribution in [3.63, 3.8) is 0 Å². The summed E-state index contributed by atoms with van der Waals surface area (Å²) in [7, 11) is 1.66. The molecular weight excluding hydrogens is 238 g/mol. The summed E-state index contributed by atoms with van der Waals surface area (Å²) >= 11 is 0. The summed E-state index contributed by atoms with van der Waals surface area (Å²) in [6.45, 7) is 0. The fourth-order valence-electron chi connectivity index (χ4n) is 2.13. The highest BCUT2D eigenvalue weighted by molar-refractivity contribution is 5.68. The Morgan fingerprint density at radius 2 is 1.79 bits per heavy atom. The predicted octanol–water partition coefficient (Wildman–Crippen LogP) is 3.54. The number of ether oxygens (including phenoxy) is 2. The molecule has 3 rings (SSSR count). The molecule has 96 valence electrons. The lowest BCUT2D eigenvalue weighted by Gasteiger charge is -2.13. The van der Waals surface area contributed by atoms with Crippen molar-refractivity contribution in [1.29, 1.82) is 0 Å². The van der Waals surface area contributed by atoms with Gasteiger partial charge in [0, 0.05) is 11.8 Å². The van der Waals surface area contributed by atoms with Gasteiger partial charge in [0.15, 0.2) is 6.23 Å². The molecule has 2 aromatic carbocycles. The Balaban J connectivity index is 1.78. The molecule has 1 aliphatic rings. The van der Waals surface area contributed by atoms with Crippen molar-refractivity contribution in [3.8, 4) is 5.75 Å². The summed E-state index contributed by atoms with van der Waals surface area (Å²) < 4.78 is 11.2. The third-order valence-electron chi connectivity index (χ3n) is 3.14. The quantitative estimate of drug-likeness (QED) is 0.837. The molecule has 0 aromatic heterocycles. The smallest absolute Gasteiger partial charge is 0.175 e. The third kappa shape index (κ3) is 2.51. The normalized spacial score (nSPS) is 21.5. The Labute approximate surface area is 112 Å². The van der Waals surface area contributed by atoms with Crippen LogP contribution in [0.1, 0.15) is 23.5 Å². The first-order valence-corrected chi connectivity index (χ1v) is 6.24. The van der Waals surface area contributed by atoms with Crippen molar-refractivity contribution in [2.24, 2.45) is 4.99 Å². The molecule has 0 spiro atoms. The summed E-state index contributed by atoms with van der Waals surface area (Å²) in [5.74, 6) is 0.819. The fourth-order valence-corrected chi connectivity index (χ4v) is 2.13. The Bertz CT molecular complexity index is 580. The molecule has 0 saturated carbocycles. The highest BCUT2D eigenvalue weighted by Crippen LogP contribution is 2.33. The van der Waals surface area contributed by atoms with Crippen LogP contribution >= 0.6 is 0 Å². The van der Waals surface area contributed by atoms with Crippen molar-refractivity contribution in [2.75, 3.05) is 7.11 Å². The maximum absolute atomic E-state index is 5.96. The molecular formula is C16H15NO2. The molecule has 2 atom stereocenters. The second kappa shape index (κ2) is 5.24. The summed E-state index contributed by atoms with van der Waals surface area (Å²) in [6.07, 6.45) is 1.54. The summed E-state index contributed by atoms with van der Waals surface area (Å²) in [4.78, 5) is 4.44. The molecule has 0 fully saturated rings. The van der Waals surface area contributed by atoms with Crippen molar-refractivity contribution in [3.05, 3.63) is 65.7 Å². The van der Waals surface area contributed by atoms with Crippen molar-refractivity contribution < 1.29 is 9.47 Å². The first-order chi connectivity index (χ1) is 9.36. The second-order valence-electron chi connectivity index (χ2n) is 4.39. The summed E-state index contributed by atoms with van der Waals surface area (Å²) in [5, 5.41) is 0. The van der Waals surface area contributed by atoms with E-state index in [9.17, 15) is 0 Å². The summed E-state index contributed by atoms with van der Waals surface area (Å²) in [6, 6.07) is 17.9. The van der Waals surface area contributed by atoms with Crippen LogP contribution < -0.4 is 4.74 Å². The first-order valence-electron chi connectivity index (χ1n) is 6.24. The van der Waals surface area contributed by atoms with E-state index in [-0.39, 0.29) is 12.3 Å². The lowest BCUT2D eigenvalue weighted by Crippen LogP contribution is -2.02. The van der Waals surface area contributed by atoms with Crippen molar-refractivity contribution in [2.45, 2.75) is 12.3 Å². The van der Waals surface area contributed by atoms with E-state index in [1.54, 1.807) is 7.11 Å². The third-order valence-corrected chi connectivity index (χ3v) is 3.14. The zero-order valence-corrected chi connectivity index (χ0v) is 10.7. The highest BCUT2D eigenvalue weighted by Gasteiger charge is 2.23. The van der Waals surface area contributed by atoms with Gasteiger partial charge >= 0.3 is 0 Å². The average Bonchev–Trinajstić information content (AvgIpc) is 2.98. The van der Waals surface area contributed by atoms with Gasteiger partial charge in [0.2, 0.25) is 0 Å². The number of aliphatic imine (C=N–C) groups is 1. The molecule has 0 radical (unpaired) electrons. The minimum atomic E-state index is -0.250. The number of methoxy groups -OCH3 is 1. The second-order valence-corrected chi connectivity index (χ2v) is 4.39. The van der Waals surface area contributed by atoms with Gasteiger partial charge < -0.3 is 9.47 Å². The SMILES string of the molecule is COc1cccc(C2N=CC(c3ccccc3)O2)c1. The van der Waals surface area contributed by atoms with Crippen LogP contribution in [0.5, 0.6) is 5.75 Å². The van der Waals surface area contributed by atoms with Crippen LogP contribution in [0.15, 0.2) is 59.6 Å². The molecule has 0 N–H and O–H groups in total. The molecule has 3 nitrogen and oxygen atoms in total. The van der Waals surface area contributed by atoms with Crippen LogP contribution in [0, 0.1) is 0 Å². The standard InChI is InChI=1S/C16H15NO2/c1-18-14-9-5-8-13(10-14)16-17-11-15(19-16)12-6-3-2-4-7-12/h2-11,15-16H,1H3. The van der Waals surface area contributed by atoms with E-state index in [2.05, 4.69) is 4.99 Å². The van der Waals surface area contributed by atoms with Gasteiger partial charge in [0.1, 0.15) is 11.9 Å². The van der Waals surface area contributed by atoms with Crippen LogP contribution in [0.25, 0.3) is 0 Å². The van der Waals surface area contributed by atoms with Gasteiger partial charge in [-0.3, -0.25) is 4.99 Å². The molecule has 2 unspecified atom stereocenters. The van der Waals surface area contributed by atoms with E-state index in [1.165, 1.54) is 0 Å². The topological polar surface area (TPSA) is 30.8 Å². The van der Waals surface area contributed by atoms with Crippen LogP contribution in [0.2, 0.25) is 0 Å². The number of rotatable bonds is 3. The van der Waals surface area contributed by atoms with Gasteiger partial charge in [-0.15, -0.1) is 0 Å². The predicted molar refractivity (Wildman–Crippen MR) is 74.5 cm³/mol. The fraction of sp³-hybridized carbons (Fsp3) is 0.188. The van der Waals surface area contributed by atoms with Gasteiger partial charge in [0.05, 0.1) is 7.11 Å².